The summed E-state index contributed by atoms with van der Waals surface area (Å²) in [6.45, 7) is 5.24. The summed E-state index contributed by atoms with van der Waals surface area (Å²) >= 11 is 0. The van der Waals surface area contributed by atoms with Crippen molar-refractivity contribution in [2.24, 2.45) is 5.73 Å². The number of ether oxygens (including phenoxy) is 1. The molecule has 2 N–H and O–H groups in total. The molecule has 0 saturated heterocycles. The third kappa shape index (κ3) is 7.54. The molecule has 0 aliphatic heterocycles. The molecule has 0 radical (unpaired) electrons. The van der Waals surface area contributed by atoms with Gasteiger partial charge in [-0.1, -0.05) is 45.2 Å². The Kier molecular flexibility index (Phi) is 9.14. The Labute approximate surface area is 124 Å². The van der Waals surface area contributed by atoms with Crippen molar-refractivity contribution in [3.63, 3.8) is 0 Å². The molecular weight excluding hydrogens is 246 g/mol. The van der Waals surface area contributed by atoms with Gasteiger partial charge in [-0.25, -0.2) is 0 Å². The van der Waals surface area contributed by atoms with Crippen molar-refractivity contribution < 1.29 is 4.74 Å². The first-order valence-corrected chi connectivity index (χ1v) is 8.23. The van der Waals surface area contributed by atoms with E-state index < -0.39 is 0 Å². The average Bonchev–Trinajstić information content (AvgIpc) is 2.45. The summed E-state index contributed by atoms with van der Waals surface area (Å²) in [5, 5.41) is 0. The molecular formula is C18H31NO. The van der Waals surface area contributed by atoms with E-state index in [9.17, 15) is 0 Å². The molecule has 0 aliphatic rings. The maximum atomic E-state index is 6.03. The Balaban J connectivity index is 2.21. The molecule has 0 heterocycles. The average molecular weight is 277 g/mol. The summed E-state index contributed by atoms with van der Waals surface area (Å²) in [5.41, 5.74) is 7.42. The first-order chi connectivity index (χ1) is 9.76. The van der Waals surface area contributed by atoms with E-state index in [2.05, 4.69) is 38.1 Å². The lowest BCUT2D eigenvalue weighted by atomic mass is 10.0. The third-order valence-electron chi connectivity index (χ3n) is 3.64. The predicted molar refractivity (Wildman–Crippen MR) is 87.3 cm³/mol. The Morgan fingerprint density at radius 2 is 1.70 bits per heavy atom. The van der Waals surface area contributed by atoms with E-state index in [1.54, 1.807) is 0 Å². The lowest BCUT2D eigenvalue weighted by molar-refractivity contribution is 0.306. The SMILES string of the molecule is CCCCCOc1ccc(CCCC(N)CCC)cc1. The quantitative estimate of drug-likeness (QED) is 0.595. The number of benzene rings is 1. The highest BCUT2D eigenvalue weighted by Crippen LogP contribution is 2.15. The summed E-state index contributed by atoms with van der Waals surface area (Å²) in [5.74, 6) is 0.993. The normalized spacial score (nSPS) is 12.3. The van der Waals surface area contributed by atoms with Gasteiger partial charge in [0.05, 0.1) is 6.61 Å². The molecule has 0 amide bonds. The molecule has 0 saturated carbocycles. The Hall–Kier alpha value is -1.02. The van der Waals surface area contributed by atoms with E-state index in [1.165, 1.54) is 31.2 Å². The van der Waals surface area contributed by atoms with Gasteiger partial charge in [-0.15, -0.1) is 0 Å². The molecule has 1 rings (SSSR count). The Bertz CT molecular complexity index is 334. The van der Waals surface area contributed by atoms with Gasteiger partial charge < -0.3 is 10.5 Å². The van der Waals surface area contributed by atoms with Gasteiger partial charge in [0, 0.05) is 6.04 Å². The summed E-state index contributed by atoms with van der Waals surface area (Å²) in [6.07, 6.45) is 9.39. The second kappa shape index (κ2) is 10.7. The molecule has 114 valence electrons. The fourth-order valence-corrected chi connectivity index (χ4v) is 2.38. The number of rotatable bonds is 11. The zero-order valence-electron chi connectivity index (χ0n) is 13.2. The summed E-state index contributed by atoms with van der Waals surface area (Å²) in [6, 6.07) is 8.92. The number of hydrogen-bond acceptors (Lipinski definition) is 2. The third-order valence-corrected chi connectivity index (χ3v) is 3.64. The van der Waals surface area contributed by atoms with Crippen LogP contribution in [-0.4, -0.2) is 12.6 Å². The Morgan fingerprint density at radius 3 is 2.35 bits per heavy atom. The van der Waals surface area contributed by atoms with Gasteiger partial charge in [-0.3, -0.25) is 0 Å². The van der Waals surface area contributed by atoms with Crippen molar-refractivity contribution in [1.29, 1.82) is 0 Å². The van der Waals surface area contributed by atoms with Crippen LogP contribution in [0.15, 0.2) is 24.3 Å². The van der Waals surface area contributed by atoms with Crippen LogP contribution in [0, 0.1) is 0 Å². The predicted octanol–water partition coefficient (Wildman–Crippen LogP) is 4.71. The van der Waals surface area contributed by atoms with Crippen LogP contribution < -0.4 is 10.5 Å². The van der Waals surface area contributed by atoms with E-state index in [0.29, 0.717) is 6.04 Å². The standard InChI is InChI=1S/C18H31NO/c1-3-5-6-15-20-18-13-11-16(12-14-18)9-7-10-17(19)8-4-2/h11-14,17H,3-10,15,19H2,1-2H3. The monoisotopic (exact) mass is 277 g/mol. The van der Waals surface area contributed by atoms with Gasteiger partial charge in [0.2, 0.25) is 0 Å². The zero-order chi connectivity index (χ0) is 14.6. The smallest absolute Gasteiger partial charge is 0.119 e. The highest BCUT2D eigenvalue weighted by atomic mass is 16.5. The van der Waals surface area contributed by atoms with Crippen molar-refractivity contribution in [2.45, 2.75) is 71.3 Å². The highest BCUT2D eigenvalue weighted by molar-refractivity contribution is 5.27. The van der Waals surface area contributed by atoms with Gasteiger partial charge in [0.25, 0.3) is 0 Å². The lowest BCUT2D eigenvalue weighted by Gasteiger charge is -2.10. The first-order valence-electron chi connectivity index (χ1n) is 8.23. The van der Waals surface area contributed by atoms with Crippen LogP contribution in [0.3, 0.4) is 0 Å². The van der Waals surface area contributed by atoms with E-state index in [4.69, 9.17) is 10.5 Å². The molecule has 0 aromatic heterocycles. The molecule has 2 nitrogen and oxygen atoms in total. The molecule has 20 heavy (non-hydrogen) atoms. The number of hydrogen-bond donors (Lipinski definition) is 1. The molecule has 1 unspecified atom stereocenters. The molecule has 0 spiro atoms. The topological polar surface area (TPSA) is 35.2 Å². The van der Waals surface area contributed by atoms with E-state index >= 15 is 0 Å². The van der Waals surface area contributed by atoms with Gasteiger partial charge in [0.1, 0.15) is 5.75 Å². The zero-order valence-corrected chi connectivity index (χ0v) is 13.2. The molecule has 1 aromatic rings. The van der Waals surface area contributed by atoms with Gasteiger partial charge in [-0.2, -0.15) is 0 Å². The van der Waals surface area contributed by atoms with Crippen molar-refractivity contribution >= 4 is 0 Å². The number of aryl methyl sites for hydroxylation is 1. The van der Waals surface area contributed by atoms with Gasteiger partial charge >= 0.3 is 0 Å². The van der Waals surface area contributed by atoms with Crippen LogP contribution in [0.4, 0.5) is 0 Å². The molecule has 2 heteroatoms. The van der Waals surface area contributed by atoms with Gasteiger partial charge in [0.15, 0.2) is 0 Å². The van der Waals surface area contributed by atoms with E-state index in [0.717, 1.165) is 38.0 Å². The van der Waals surface area contributed by atoms with Crippen LogP contribution in [0.2, 0.25) is 0 Å². The van der Waals surface area contributed by atoms with E-state index in [-0.39, 0.29) is 0 Å². The molecule has 0 bridgehead atoms. The molecule has 1 aromatic carbocycles. The molecule has 0 fully saturated rings. The lowest BCUT2D eigenvalue weighted by Crippen LogP contribution is -2.19. The number of nitrogens with two attached hydrogens (primary N) is 1. The van der Waals surface area contributed by atoms with Crippen molar-refractivity contribution in [2.75, 3.05) is 6.61 Å². The Morgan fingerprint density at radius 1 is 0.950 bits per heavy atom. The molecule has 0 aliphatic carbocycles. The minimum Gasteiger partial charge on any atom is -0.494 e. The van der Waals surface area contributed by atoms with Crippen LogP contribution in [0.1, 0.15) is 64.4 Å². The fourth-order valence-electron chi connectivity index (χ4n) is 2.38. The maximum Gasteiger partial charge on any atom is 0.119 e. The number of unbranched alkanes of at least 4 members (excludes halogenated alkanes) is 2. The maximum absolute atomic E-state index is 6.03. The first kappa shape index (κ1) is 17.0. The van der Waals surface area contributed by atoms with Crippen LogP contribution in [0.25, 0.3) is 0 Å². The highest BCUT2D eigenvalue weighted by Gasteiger charge is 2.01. The van der Waals surface area contributed by atoms with Gasteiger partial charge in [-0.05, 0) is 49.8 Å². The minimum atomic E-state index is 0.376. The largest absolute Gasteiger partial charge is 0.494 e. The second-order valence-corrected chi connectivity index (χ2v) is 5.64. The second-order valence-electron chi connectivity index (χ2n) is 5.64. The summed E-state index contributed by atoms with van der Waals surface area (Å²) in [4.78, 5) is 0. The fraction of sp³-hybridized carbons (Fsp3) is 0.667. The van der Waals surface area contributed by atoms with E-state index in [1.807, 2.05) is 0 Å². The van der Waals surface area contributed by atoms with Crippen molar-refractivity contribution in [1.82, 2.24) is 0 Å². The van der Waals surface area contributed by atoms with Crippen LogP contribution >= 0.6 is 0 Å². The summed E-state index contributed by atoms with van der Waals surface area (Å²) < 4.78 is 5.72. The van der Waals surface area contributed by atoms with Crippen molar-refractivity contribution in [3.05, 3.63) is 29.8 Å². The van der Waals surface area contributed by atoms with Crippen molar-refractivity contribution in [3.8, 4) is 5.75 Å². The van der Waals surface area contributed by atoms with Crippen LogP contribution in [0.5, 0.6) is 5.75 Å². The minimum absolute atomic E-state index is 0.376. The van der Waals surface area contributed by atoms with Crippen LogP contribution in [-0.2, 0) is 6.42 Å². The summed E-state index contributed by atoms with van der Waals surface area (Å²) in [7, 11) is 0. The molecule has 1 atom stereocenters.